The molecule has 166 valence electrons. The molecule has 1 aliphatic rings. The average molecular weight is 458 g/mol. The lowest BCUT2D eigenvalue weighted by Gasteiger charge is -2.29. The Morgan fingerprint density at radius 2 is 2.03 bits per heavy atom. The first-order chi connectivity index (χ1) is 16.1. The molecular formula is C26H24ClN5O. The van der Waals surface area contributed by atoms with Gasteiger partial charge in [0.05, 0.1) is 23.5 Å². The van der Waals surface area contributed by atoms with Crippen molar-refractivity contribution in [3.63, 3.8) is 0 Å². The number of benzene rings is 2. The molecule has 2 heterocycles. The van der Waals surface area contributed by atoms with Crippen molar-refractivity contribution < 1.29 is 4.79 Å². The molecule has 1 saturated heterocycles. The Morgan fingerprint density at radius 3 is 2.79 bits per heavy atom. The van der Waals surface area contributed by atoms with E-state index in [9.17, 15) is 4.79 Å². The monoisotopic (exact) mass is 457 g/mol. The van der Waals surface area contributed by atoms with E-state index in [1.165, 1.54) is 37.2 Å². The van der Waals surface area contributed by atoms with Crippen LogP contribution in [0.4, 0.5) is 23.0 Å². The number of aromatic nitrogens is 2. The molecule has 1 N–H and O–H groups in total. The summed E-state index contributed by atoms with van der Waals surface area (Å²) in [4.78, 5) is 26.7. The maximum absolute atomic E-state index is 11.8. The summed E-state index contributed by atoms with van der Waals surface area (Å²) in [5.41, 5.74) is 4.23. The second kappa shape index (κ2) is 10.3. The van der Waals surface area contributed by atoms with Gasteiger partial charge < -0.3 is 10.2 Å². The zero-order chi connectivity index (χ0) is 23.2. The molecule has 3 aromatic rings. The number of rotatable bonds is 7. The van der Waals surface area contributed by atoms with Gasteiger partial charge in [-0.3, -0.25) is 4.79 Å². The Labute approximate surface area is 198 Å². The summed E-state index contributed by atoms with van der Waals surface area (Å²) < 4.78 is 0. The average Bonchev–Trinajstić information content (AvgIpc) is 2.86. The minimum atomic E-state index is -0.0961. The van der Waals surface area contributed by atoms with Gasteiger partial charge >= 0.3 is 0 Å². The first kappa shape index (κ1) is 22.5. The number of hydrogen-bond donors (Lipinski definition) is 1. The Kier molecular flexibility index (Phi) is 7.01. The third-order valence-electron chi connectivity index (χ3n) is 5.61. The van der Waals surface area contributed by atoms with Crippen LogP contribution in [0.25, 0.3) is 16.1 Å². The van der Waals surface area contributed by atoms with E-state index in [1.807, 2.05) is 12.1 Å². The number of nitrogens with one attached hydrogen (secondary N) is 1. The minimum Gasteiger partial charge on any atom is -0.371 e. The maximum atomic E-state index is 11.8. The summed E-state index contributed by atoms with van der Waals surface area (Å²) in [6.07, 6.45) is 6.72. The summed E-state index contributed by atoms with van der Waals surface area (Å²) in [5, 5.41) is 3.59. The van der Waals surface area contributed by atoms with Crippen molar-refractivity contribution in [2.45, 2.75) is 25.7 Å². The molecule has 2 aromatic carbocycles. The molecule has 33 heavy (non-hydrogen) atoms. The van der Waals surface area contributed by atoms with Crippen molar-refractivity contribution >= 4 is 40.4 Å². The molecule has 0 atom stereocenters. The van der Waals surface area contributed by atoms with Crippen molar-refractivity contribution in [2.24, 2.45) is 0 Å². The van der Waals surface area contributed by atoms with Crippen molar-refractivity contribution in [3.8, 4) is 11.3 Å². The Balaban J connectivity index is 1.64. The lowest BCUT2D eigenvalue weighted by Crippen LogP contribution is -2.29. The van der Waals surface area contributed by atoms with E-state index in [1.54, 1.807) is 18.2 Å². The topological polar surface area (TPSA) is 62.5 Å². The molecule has 0 aliphatic carbocycles. The minimum absolute atomic E-state index is 0.0961. The molecule has 6 nitrogen and oxygen atoms in total. The van der Waals surface area contributed by atoms with Gasteiger partial charge in [0.1, 0.15) is 0 Å². The molecule has 0 saturated carbocycles. The highest BCUT2D eigenvalue weighted by Gasteiger charge is 2.15. The van der Waals surface area contributed by atoms with Gasteiger partial charge in [0, 0.05) is 36.4 Å². The van der Waals surface area contributed by atoms with Crippen molar-refractivity contribution in [3.05, 3.63) is 83.3 Å². The van der Waals surface area contributed by atoms with Crippen LogP contribution in [0.5, 0.6) is 0 Å². The largest absolute Gasteiger partial charge is 0.371 e. The van der Waals surface area contributed by atoms with Crippen LogP contribution in [0.3, 0.4) is 0 Å². The molecule has 0 bridgehead atoms. The summed E-state index contributed by atoms with van der Waals surface area (Å²) in [5.74, 6) is 0.287. The third-order valence-corrected chi connectivity index (χ3v) is 5.89. The van der Waals surface area contributed by atoms with E-state index in [2.05, 4.69) is 43.7 Å². The van der Waals surface area contributed by atoms with Crippen LogP contribution in [-0.4, -0.2) is 28.8 Å². The normalized spacial score (nSPS) is 13.3. The SMILES string of the molecule is [C-]#[N+]c1ccc(CC(=O)C=C)cc1-c1nc(Nc2cccc(N3CCCCC3)c2)ncc1Cl. The van der Waals surface area contributed by atoms with Gasteiger partial charge in [-0.1, -0.05) is 42.4 Å². The highest BCUT2D eigenvalue weighted by Crippen LogP contribution is 2.35. The first-order valence-corrected chi connectivity index (χ1v) is 11.3. The van der Waals surface area contributed by atoms with Crippen LogP contribution in [0.1, 0.15) is 24.8 Å². The predicted molar refractivity (Wildman–Crippen MR) is 133 cm³/mol. The molecule has 7 heteroatoms. The van der Waals surface area contributed by atoms with Gasteiger partial charge in [-0.05, 0) is 49.1 Å². The number of halogens is 1. The number of piperidine rings is 1. The summed E-state index contributed by atoms with van der Waals surface area (Å²) in [6.45, 7) is 13.2. The number of hydrogen-bond acceptors (Lipinski definition) is 5. The zero-order valence-electron chi connectivity index (χ0n) is 18.2. The second-order valence-corrected chi connectivity index (χ2v) is 8.33. The fraction of sp³-hybridized carbons (Fsp3) is 0.231. The molecule has 0 amide bonds. The quantitative estimate of drug-likeness (QED) is 0.329. The Morgan fingerprint density at radius 1 is 1.21 bits per heavy atom. The molecule has 1 fully saturated rings. The van der Waals surface area contributed by atoms with Crippen molar-refractivity contribution in [1.29, 1.82) is 0 Å². The van der Waals surface area contributed by atoms with Gasteiger partial charge in [-0.25, -0.2) is 14.8 Å². The van der Waals surface area contributed by atoms with Crippen molar-refractivity contribution in [1.82, 2.24) is 9.97 Å². The number of ketones is 1. The van der Waals surface area contributed by atoms with Crippen LogP contribution in [-0.2, 0) is 11.2 Å². The number of carbonyl (C=O) groups excluding carboxylic acids is 1. The van der Waals surface area contributed by atoms with E-state index < -0.39 is 0 Å². The van der Waals surface area contributed by atoms with Crippen LogP contribution in [0.2, 0.25) is 5.02 Å². The van der Waals surface area contributed by atoms with E-state index >= 15 is 0 Å². The van der Waals surface area contributed by atoms with E-state index in [0.717, 1.165) is 24.3 Å². The van der Waals surface area contributed by atoms with Gasteiger partial charge in [0.25, 0.3) is 0 Å². The summed E-state index contributed by atoms with van der Waals surface area (Å²) in [7, 11) is 0. The standard InChI is InChI=1S/C26H24ClN5O/c1-3-21(33)14-18-10-11-24(28-2)22(15-18)25-23(27)17-29-26(31-25)30-19-8-7-9-20(16-19)32-12-5-4-6-13-32/h3,7-11,15-17H,1,4-6,12-14H2,(H,29,30,31). The second-order valence-electron chi connectivity index (χ2n) is 7.92. The highest BCUT2D eigenvalue weighted by atomic mass is 35.5. The molecule has 4 rings (SSSR count). The highest BCUT2D eigenvalue weighted by molar-refractivity contribution is 6.33. The van der Waals surface area contributed by atoms with Crippen LogP contribution < -0.4 is 10.2 Å². The van der Waals surface area contributed by atoms with Gasteiger partial charge in [-0.2, -0.15) is 0 Å². The zero-order valence-corrected chi connectivity index (χ0v) is 19.0. The van der Waals surface area contributed by atoms with Crippen LogP contribution >= 0.6 is 11.6 Å². The van der Waals surface area contributed by atoms with Gasteiger partial charge in [-0.15, -0.1) is 0 Å². The molecular weight excluding hydrogens is 434 g/mol. The number of anilines is 3. The number of allylic oxidation sites excluding steroid dienone is 1. The van der Waals surface area contributed by atoms with Crippen LogP contribution in [0, 0.1) is 6.57 Å². The Bertz CT molecular complexity index is 1230. The molecule has 0 radical (unpaired) electrons. The molecule has 1 aliphatic heterocycles. The van der Waals surface area contributed by atoms with E-state index in [0.29, 0.717) is 27.9 Å². The smallest absolute Gasteiger partial charge is 0.227 e. The number of carbonyl (C=O) groups is 1. The fourth-order valence-electron chi connectivity index (χ4n) is 3.93. The lowest BCUT2D eigenvalue weighted by molar-refractivity contribution is -0.114. The fourth-order valence-corrected chi connectivity index (χ4v) is 4.12. The van der Waals surface area contributed by atoms with Gasteiger partial charge in [0.2, 0.25) is 5.95 Å². The lowest BCUT2D eigenvalue weighted by atomic mass is 10.0. The summed E-state index contributed by atoms with van der Waals surface area (Å²) >= 11 is 6.43. The molecule has 0 spiro atoms. The molecule has 1 aromatic heterocycles. The molecule has 0 unspecified atom stereocenters. The van der Waals surface area contributed by atoms with E-state index in [-0.39, 0.29) is 12.2 Å². The number of nitrogens with zero attached hydrogens (tertiary/aromatic N) is 4. The Hall–Kier alpha value is -3.69. The predicted octanol–water partition coefficient (Wildman–Crippen LogP) is 6.38. The summed E-state index contributed by atoms with van der Waals surface area (Å²) in [6, 6.07) is 13.4. The van der Waals surface area contributed by atoms with Crippen LogP contribution in [0.15, 0.2) is 61.3 Å². The maximum Gasteiger partial charge on any atom is 0.227 e. The van der Waals surface area contributed by atoms with E-state index in [4.69, 9.17) is 18.2 Å². The van der Waals surface area contributed by atoms with Gasteiger partial charge in [0.15, 0.2) is 11.5 Å². The van der Waals surface area contributed by atoms with Crippen molar-refractivity contribution in [2.75, 3.05) is 23.3 Å². The third kappa shape index (κ3) is 5.39. The first-order valence-electron chi connectivity index (χ1n) is 10.9.